The number of rotatable bonds is 6. The van der Waals surface area contributed by atoms with Crippen molar-refractivity contribution in [2.45, 2.75) is 38.8 Å². The zero-order valence-electron chi connectivity index (χ0n) is 9.94. The molecule has 2 N–H and O–H groups in total. The van der Waals surface area contributed by atoms with E-state index in [2.05, 4.69) is 43.3 Å². The Hall–Kier alpha value is -0.380. The zero-order chi connectivity index (χ0) is 11.3. The minimum atomic E-state index is 0.329. The van der Waals surface area contributed by atoms with E-state index >= 15 is 0 Å². The molecule has 1 aromatic heterocycles. The van der Waals surface area contributed by atoms with E-state index in [9.17, 15) is 0 Å². The summed E-state index contributed by atoms with van der Waals surface area (Å²) < 4.78 is 0. The maximum absolute atomic E-state index is 5.73. The van der Waals surface area contributed by atoms with Gasteiger partial charge in [0, 0.05) is 17.0 Å². The average Bonchev–Trinajstić information content (AvgIpc) is 2.68. The van der Waals surface area contributed by atoms with Gasteiger partial charge in [0.15, 0.2) is 0 Å². The molecule has 1 rings (SSSR count). The quantitative estimate of drug-likeness (QED) is 0.808. The molecule has 1 heterocycles. The lowest BCUT2D eigenvalue weighted by Gasteiger charge is -2.23. The monoisotopic (exact) mass is 226 g/mol. The molecule has 0 aliphatic rings. The predicted molar refractivity (Wildman–Crippen MR) is 68.2 cm³/mol. The number of hydrogen-bond donors (Lipinski definition) is 1. The highest BCUT2D eigenvalue weighted by Crippen LogP contribution is 2.23. The topological polar surface area (TPSA) is 29.3 Å². The first-order valence-electron chi connectivity index (χ1n) is 5.60. The van der Waals surface area contributed by atoms with E-state index in [1.165, 1.54) is 11.3 Å². The molecule has 0 aliphatic heterocycles. The fourth-order valence-corrected chi connectivity index (χ4v) is 2.45. The van der Waals surface area contributed by atoms with Crippen LogP contribution in [0.2, 0.25) is 0 Å². The second-order valence-corrected chi connectivity index (χ2v) is 5.27. The Morgan fingerprint density at radius 2 is 2.20 bits per heavy atom. The van der Waals surface area contributed by atoms with Gasteiger partial charge in [-0.25, -0.2) is 0 Å². The minimum Gasteiger partial charge on any atom is -0.328 e. The molecule has 2 atom stereocenters. The Bertz CT molecular complexity index is 257. The van der Waals surface area contributed by atoms with Gasteiger partial charge in [-0.3, -0.25) is 4.90 Å². The van der Waals surface area contributed by atoms with Gasteiger partial charge in [0.2, 0.25) is 0 Å². The third kappa shape index (κ3) is 4.33. The first kappa shape index (κ1) is 12.7. The van der Waals surface area contributed by atoms with Crippen LogP contribution in [0.25, 0.3) is 0 Å². The lowest BCUT2D eigenvalue weighted by Crippen LogP contribution is -2.24. The Morgan fingerprint density at radius 1 is 1.47 bits per heavy atom. The Kier molecular flexibility index (Phi) is 5.29. The normalized spacial score (nSPS) is 15.5. The smallest absolute Gasteiger partial charge is 0.0410 e. The van der Waals surface area contributed by atoms with E-state index in [0.717, 1.165) is 13.0 Å². The second kappa shape index (κ2) is 6.26. The number of nitrogens with two attached hydrogens (primary N) is 1. The number of thiophene rings is 1. The summed E-state index contributed by atoms with van der Waals surface area (Å²) in [6.07, 6.45) is 2.30. The molecule has 0 aliphatic carbocycles. The molecule has 0 radical (unpaired) electrons. The van der Waals surface area contributed by atoms with Crippen molar-refractivity contribution in [2.24, 2.45) is 5.73 Å². The molecule has 0 amide bonds. The lowest BCUT2D eigenvalue weighted by molar-refractivity contribution is 0.257. The highest BCUT2D eigenvalue weighted by molar-refractivity contribution is 7.10. The van der Waals surface area contributed by atoms with E-state index in [4.69, 9.17) is 5.73 Å². The van der Waals surface area contributed by atoms with Crippen LogP contribution in [0.5, 0.6) is 0 Å². The van der Waals surface area contributed by atoms with Crippen molar-refractivity contribution < 1.29 is 0 Å². The van der Waals surface area contributed by atoms with E-state index in [-0.39, 0.29) is 0 Å². The molecule has 3 heteroatoms. The van der Waals surface area contributed by atoms with Gasteiger partial charge in [-0.05, 0) is 51.7 Å². The summed E-state index contributed by atoms with van der Waals surface area (Å²) in [7, 11) is 2.19. The molecule has 0 fully saturated rings. The molecular weight excluding hydrogens is 204 g/mol. The van der Waals surface area contributed by atoms with Crippen LogP contribution in [0.1, 0.15) is 37.6 Å². The third-order valence-corrected chi connectivity index (χ3v) is 3.83. The SMILES string of the molecule is CC(N)CCCN(C)C(C)c1cccs1. The average molecular weight is 226 g/mol. The van der Waals surface area contributed by atoms with E-state index in [1.807, 2.05) is 11.3 Å². The summed E-state index contributed by atoms with van der Waals surface area (Å²) in [6.45, 7) is 5.46. The van der Waals surface area contributed by atoms with Gasteiger partial charge in [0.1, 0.15) is 0 Å². The van der Waals surface area contributed by atoms with Crippen LogP contribution in [-0.4, -0.2) is 24.5 Å². The maximum atomic E-state index is 5.73. The standard InChI is InChI=1S/C12H22N2S/c1-10(13)6-4-8-14(3)11(2)12-7-5-9-15-12/h5,7,9-11H,4,6,8,13H2,1-3H3. The molecule has 86 valence electrons. The Balaban J connectivity index is 2.31. The second-order valence-electron chi connectivity index (χ2n) is 4.29. The van der Waals surface area contributed by atoms with Crippen LogP contribution in [0.4, 0.5) is 0 Å². The van der Waals surface area contributed by atoms with Crippen LogP contribution in [0.3, 0.4) is 0 Å². The molecule has 0 saturated carbocycles. The predicted octanol–water partition coefficient (Wildman–Crippen LogP) is 2.87. The molecule has 0 aromatic carbocycles. The van der Waals surface area contributed by atoms with Crippen LogP contribution >= 0.6 is 11.3 Å². The summed E-state index contributed by atoms with van der Waals surface area (Å²) in [5.41, 5.74) is 5.73. The van der Waals surface area contributed by atoms with Gasteiger partial charge in [0.05, 0.1) is 0 Å². The van der Waals surface area contributed by atoms with Gasteiger partial charge in [-0.15, -0.1) is 11.3 Å². The van der Waals surface area contributed by atoms with Gasteiger partial charge in [-0.2, -0.15) is 0 Å². The Labute approximate surface area is 97.1 Å². The summed E-state index contributed by atoms with van der Waals surface area (Å²) >= 11 is 1.83. The minimum absolute atomic E-state index is 0.329. The number of nitrogens with zero attached hydrogens (tertiary/aromatic N) is 1. The summed E-state index contributed by atoms with van der Waals surface area (Å²) in [5.74, 6) is 0. The van der Waals surface area contributed by atoms with E-state index < -0.39 is 0 Å². The van der Waals surface area contributed by atoms with E-state index in [0.29, 0.717) is 12.1 Å². The lowest BCUT2D eigenvalue weighted by atomic mass is 10.1. The zero-order valence-corrected chi connectivity index (χ0v) is 10.8. The van der Waals surface area contributed by atoms with Gasteiger partial charge in [-0.1, -0.05) is 6.07 Å². The molecule has 1 aromatic rings. The van der Waals surface area contributed by atoms with Crippen LogP contribution in [0, 0.1) is 0 Å². The molecular formula is C12H22N2S. The van der Waals surface area contributed by atoms with Crippen molar-refractivity contribution in [1.29, 1.82) is 0 Å². The maximum Gasteiger partial charge on any atom is 0.0410 e. The molecule has 0 saturated heterocycles. The van der Waals surface area contributed by atoms with Crippen LogP contribution < -0.4 is 5.73 Å². The summed E-state index contributed by atoms with van der Waals surface area (Å²) in [5, 5.41) is 2.14. The molecule has 0 bridgehead atoms. The van der Waals surface area contributed by atoms with Crippen molar-refractivity contribution in [2.75, 3.05) is 13.6 Å². The third-order valence-electron chi connectivity index (χ3n) is 2.79. The Morgan fingerprint density at radius 3 is 2.73 bits per heavy atom. The fraction of sp³-hybridized carbons (Fsp3) is 0.667. The number of hydrogen-bond acceptors (Lipinski definition) is 3. The van der Waals surface area contributed by atoms with Gasteiger partial charge in [0.25, 0.3) is 0 Å². The molecule has 2 unspecified atom stereocenters. The van der Waals surface area contributed by atoms with Gasteiger partial charge >= 0.3 is 0 Å². The van der Waals surface area contributed by atoms with E-state index in [1.54, 1.807) is 0 Å². The molecule has 2 nitrogen and oxygen atoms in total. The largest absolute Gasteiger partial charge is 0.328 e. The van der Waals surface area contributed by atoms with Crippen LogP contribution in [0.15, 0.2) is 17.5 Å². The van der Waals surface area contributed by atoms with Crippen molar-refractivity contribution >= 4 is 11.3 Å². The summed E-state index contributed by atoms with van der Waals surface area (Å²) in [6, 6.07) is 5.18. The first-order chi connectivity index (χ1) is 7.11. The van der Waals surface area contributed by atoms with Crippen molar-refractivity contribution in [3.05, 3.63) is 22.4 Å². The first-order valence-corrected chi connectivity index (χ1v) is 6.48. The van der Waals surface area contributed by atoms with Crippen molar-refractivity contribution in [3.8, 4) is 0 Å². The van der Waals surface area contributed by atoms with Gasteiger partial charge < -0.3 is 5.73 Å². The molecule has 0 spiro atoms. The van der Waals surface area contributed by atoms with Crippen molar-refractivity contribution in [1.82, 2.24) is 4.90 Å². The highest BCUT2D eigenvalue weighted by atomic mass is 32.1. The highest BCUT2D eigenvalue weighted by Gasteiger charge is 2.11. The van der Waals surface area contributed by atoms with Crippen LogP contribution in [-0.2, 0) is 0 Å². The summed E-state index contributed by atoms with van der Waals surface area (Å²) in [4.78, 5) is 3.84. The van der Waals surface area contributed by atoms with Crippen molar-refractivity contribution in [3.63, 3.8) is 0 Å². The fourth-order valence-electron chi connectivity index (χ4n) is 1.60. The molecule has 15 heavy (non-hydrogen) atoms.